The number of hydrogen-bond acceptors (Lipinski definition) is 2. The summed E-state index contributed by atoms with van der Waals surface area (Å²) in [6.07, 6.45) is 5.92. The van der Waals surface area contributed by atoms with Crippen molar-refractivity contribution >= 4 is 11.9 Å². The van der Waals surface area contributed by atoms with Crippen LogP contribution < -0.4 is 4.74 Å². The number of hydrogen-bond donors (Lipinski definition) is 0. The van der Waals surface area contributed by atoms with Crippen LogP contribution in [0, 0.1) is 5.92 Å². The fourth-order valence-corrected chi connectivity index (χ4v) is 2.40. The molecule has 0 aromatic heterocycles. The molecule has 1 unspecified atom stereocenters. The summed E-state index contributed by atoms with van der Waals surface area (Å²) in [6, 6.07) is 7.83. The minimum Gasteiger partial charge on any atom is -0.497 e. The molecular formula is C16H20O2. The highest BCUT2D eigenvalue weighted by molar-refractivity contribution is 6.00. The van der Waals surface area contributed by atoms with Crippen molar-refractivity contribution in [1.82, 2.24) is 0 Å². The van der Waals surface area contributed by atoms with E-state index in [-0.39, 0.29) is 0 Å². The van der Waals surface area contributed by atoms with Gasteiger partial charge in [0.2, 0.25) is 0 Å². The molecule has 1 aromatic carbocycles. The Balaban J connectivity index is 2.10. The molecule has 1 atom stereocenters. The minimum atomic E-state index is 0.323. The van der Waals surface area contributed by atoms with Crippen LogP contribution in [-0.2, 0) is 4.79 Å². The van der Waals surface area contributed by atoms with Gasteiger partial charge in [-0.1, -0.05) is 25.5 Å². The fourth-order valence-electron chi connectivity index (χ4n) is 2.40. The minimum absolute atomic E-state index is 0.323. The number of Topliss-reactive ketones (excluding diaryl/α,β-unsaturated/α-hetero) is 1. The lowest BCUT2D eigenvalue weighted by atomic mass is 9.83. The van der Waals surface area contributed by atoms with E-state index < -0.39 is 0 Å². The third-order valence-electron chi connectivity index (χ3n) is 3.69. The van der Waals surface area contributed by atoms with Gasteiger partial charge in [0, 0.05) is 6.42 Å². The molecule has 2 nitrogen and oxygen atoms in total. The molecule has 0 saturated heterocycles. The van der Waals surface area contributed by atoms with Crippen LogP contribution in [0.3, 0.4) is 0 Å². The Kier molecular flexibility index (Phi) is 4.19. The van der Waals surface area contributed by atoms with Crippen molar-refractivity contribution in [1.29, 1.82) is 0 Å². The third-order valence-corrected chi connectivity index (χ3v) is 3.69. The largest absolute Gasteiger partial charge is 0.497 e. The Bertz CT molecular complexity index is 443. The maximum Gasteiger partial charge on any atom is 0.159 e. The maximum atomic E-state index is 12.0. The van der Waals surface area contributed by atoms with E-state index in [1.807, 2.05) is 30.3 Å². The van der Waals surface area contributed by atoms with Crippen molar-refractivity contribution < 1.29 is 9.53 Å². The van der Waals surface area contributed by atoms with Gasteiger partial charge in [0.15, 0.2) is 5.78 Å². The van der Waals surface area contributed by atoms with Crippen LogP contribution in [0.2, 0.25) is 0 Å². The second-order valence-electron chi connectivity index (χ2n) is 4.88. The summed E-state index contributed by atoms with van der Waals surface area (Å²) >= 11 is 0. The molecule has 1 aliphatic rings. The van der Waals surface area contributed by atoms with Gasteiger partial charge in [-0.05, 0) is 48.1 Å². The number of carbonyl (C=O) groups is 1. The number of rotatable bonds is 3. The van der Waals surface area contributed by atoms with E-state index >= 15 is 0 Å². The van der Waals surface area contributed by atoms with Crippen LogP contribution >= 0.6 is 0 Å². The van der Waals surface area contributed by atoms with Gasteiger partial charge in [-0.25, -0.2) is 0 Å². The first-order valence-corrected chi connectivity index (χ1v) is 6.60. The van der Waals surface area contributed by atoms with Gasteiger partial charge in [-0.3, -0.25) is 4.79 Å². The highest BCUT2D eigenvalue weighted by Gasteiger charge is 2.22. The molecule has 1 aliphatic carbocycles. The lowest BCUT2D eigenvalue weighted by Crippen LogP contribution is -2.16. The van der Waals surface area contributed by atoms with Crippen LogP contribution in [0.4, 0.5) is 0 Å². The molecule has 1 aromatic rings. The number of ketones is 1. The van der Waals surface area contributed by atoms with E-state index in [2.05, 4.69) is 6.92 Å². The highest BCUT2D eigenvalue weighted by Crippen LogP contribution is 2.29. The number of methoxy groups -OCH3 is 1. The number of benzene rings is 1. The molecule has 0 bridgehead atoms. The van der Waals surface area contributed by atoms with Gasteiger partial charge in [-0.15, -0.1) is 0 Å². The van der Waals surface area contributed by atoms with E-state index in [1.165, 1.54) is 0 Å². The summed E-state index contributed by atoms with van der Waals surface area (Å²) in [5, 5.41) is 0. The van der Waals surface area contributed by atoms with Gasteiger partial charge in [0.1, 0.15) is 5.75 Å². The van der Waals surface area contributed by atoms with E-state index in [1.54, 1.807) is 7.11 Å². The Morgan fingerprint density at radius 1 is 1.33 bits per heavy atom. The quantitative estimate of drug-likeness (QED) is 0.755. The van der Waals surface area contributed by atoms with Crippen molar-refractivity contribution in [3.63, 3.8) is 0 Å². The predicted molar refractivity (Wildman–Crippen MR) is 73.6 cm³/mol. The smallest absolute Gasteiger partial charge is 0.159 e. The zero-order chi connectivity index (χ0) is 13.0. The van der Waals surface area contributed by atoms with Crippen LogP contribution in [0.15, 0.2) is 29.8 Å². The zero-order valence-electron chi connectivity index (χ0n) is 11.1. The Morgan fingerprint density at radius 2 is 2.06 bits per heavy atom. The molecule has 0 radical (unpaired) electrons. The first kappa shape index (κ1) is 12.9. The fraction of sp³-hybridized carbons (Fsp3) is 0.438. The Morgan fingerprint density at radius 3 is 2.61 bits per heavy atom. The second-order valence-corrected chi connectivity index (χ2v) is 4.88. The summed E-state index contributed by atoms with van der Waals surface area (Å²) in [6.45, 7) is 2.16. The number of allylic oxidation sites excluding steroid dienone is 1. The SMILES string of the molecule is CCC1CC/C(=C/c2ccc(OC)cc2)C(=O)C1. The van der Waals surface area contributed by atoms with Crippen molar-refractivity contribution in [3.8, 4) is 5.75 Å². The van der Waals surface area contributed by atoms with Crippen LogP contribution in [0.5, 0.6) is 5.75 Å². The molecule has 2 heteroatoms. The molecule has 1 saturated carbocycles. The summed E-state index contributed by atoms with van der Waals surface area (Å²) in [7, 11) is 1.66. The van der Waals surface area contributed by atoms with Crippen LogP contribution in [0.1, 0.15) is 38.2 Å². The number of carbonyl (C=O) groups excluding carboxylic acids is 1. The lowest BCUT2D eigenvalue weighted by Gasteiger charge is -2.21. The van der Waals surface area contributed by atoms with Gasteiger partial charge in [0.25, 0.3) is 0 Å². The molecule has 1 fully saturated rings. The first-order valence-electron chi connectivity index (χ1n) is 6.60. The van der Waals surface area contributed by atoms with Crippen molar-refractivity contribution in [2.75, 3.05) is 7.11 Å². The van der Waals surface area contributed by atoms with Gasteiger partial charge < -0.3 is 4.74 Å². The molecule has 2 rings (SSSR count). The van der Waals surface area contributed by atoms with Gasteiger partial charge in [-0.2, -0.15) is 0 Å². The summed E-state index contributed by atoms with van der Waals surface area (Å²) in [5.74, 6) is 1.76. The van der Waals surface area contributed by atoms with Crippen molar-refractivity contribution in [2.24, 2.45) is 5.92 Å². The zero-order valence-corrected chi connectivity index (χ0v) is 11.1. The molecular weight excluding hydrogens is 224 g/mol. The van der Waals surface area contributed by atoms with E-state index in [0.29, 0.717) is 11.7 Å². The Hall–Kier alpha value is -1.57. The Labute approximate surface area is 109 Å². The number of ether oxygens (including phenoxy) is 1. The highest BCUT2D eigenvalue weighted by atomic mass is 16.5. The average molecular weight is 244 g/mol. The van der Waals surface area contributed by atoms with Crippen molar-refractivity contribution in [2.45, 2.75) is 32.6 Å². The maximum absolute atomic E-state index is 12.0. The summed E-state index contributed by atoms with van der Waals surface area (Å²) in [5.41, 5.74) is 2.05. The predicted octanol–water partition coefficient (Wildman–Crippen LogP) is 3.86. The van der Waals surface area contributed by atoms with E-state index in [0.717, 1.165) is 42.6 Å². The first-order chi connectivity index (χ1) is 8.72. The molecule has 0 amide bonds. The molecule has 0 heterocycles. The lowest BCUT2D eigenvalue weighted by molar-refractivity contribution is -0.117. The third kappa shape index (κ3) is 3.00. The van der Waals surface area contributed by atoms with Gasteiger partial charge in [0.05, 0.1) is 7.11 Å². The normalized spacial score (nSPS) is 22.2. The standard InChI is InChI=1S/C16H20O2/c1-3-12-4-7-14(16(17)11-12)10-13-5-8-15(18-2)9-6-13/h5-6,8-10,12H,3-4,7,11H2,1-2H3/b14-10-. The van der Waals surface area contributed by atoms with Gasteiger partial charge >= 0.3 is 0 Å². The molecule has 0 N–H and O–H groups in total. The second kappa shape index (κ2) is 5.85. The monoisotopic (exact) mass is 244 g/mol. The van der Waals surface area contributed by atoms with Crippen molar-refractivity contribution in [3.05, 3.63) is 35.4 Å². The topological polar surface area (TPSA) is 26.3 Å². The molecule has 96 valence electrons. The molecule has 18 heavy (non-hydrogen) atoms. The average Bonchev–Trinajstić information content (AvgIpc) is 2.42. The van der Waals surface area contributed by atoms with Crippen LogP contribution in [-0.4, -0.2) is 12.9 Å². The molecule has 0 aliphatic heterocycles. The van der Waals surface area contributed by atoms with E-state index in [9.17, 15) is 4.79 Å². The van der Waals surface area contributed by atoms with E-state index in [4.69, 9.17) is 4.74 Å². The summed E-state index contributed by atoms with van der Waals surface area (Å²) in [4.78, 5) is 12.0. The summed E-state index contributed by atoms with van der Waals surface area (Å²) < 4.78 is 5.12. The van der Waals surface area contributed by atoms with Crippen LogP contribution in [0.25, 0.3) is 6.08 Å². The molecule has 0 spiro atoms.